The maximum Gasteiger partial charge on any atom is 0.271 e. The van der Waals surface area contributed by atoms with Gasteiger partial charge in [-0.25, -0.2) is 8.42 Å². The second kappa shape index (κ2) is 6.41. The summed E-state index contributed by atoms with van der Waals surface area (Å²) in [5.74, 6) is -0.0929. The van der Waals surface area contributed by atoms with Crippen molar-refractivity contribution in [1.29, 1.82) is 0 Å². The lowest BCUT2D eigenvalue weighted by atomic mass is 10.2. The summed E-state index contributed by atoms with van der Waals surface area (Å²) in [4.78, 5) is 23.6. The van der Waals surface area contributed by atoms with E-state index in [9.17, 15) is 23.3 Å². The van der Waals surface area contributed by atoms with Crippen molar-refractivity contribution in [3.63, 3.8) is 0 Å². The van der Waals surface area contributed by atoms with E-state index in [2.05, 4.69) is 4.72 Å². The van der Waals surface area contributed by atoms with Crippen LogP contribution in [0.3, 0.4) is 0 Å². The van der Waals surface area contributed by atoms with Crippen LogP contribution in [0.1, 0.15) is 18.1 Å². The van der Waals surface area contributed by atoms with Gasteiger partial charge >= 0.3 is 0 Å². The average molecular weight is 375 g/mol. The minimum Gasteiger partial charge on any atom is -0.312 e. The number of hydrogen-bond acceptors (Lipinski definition) is 5. The summed E-state index contributed by atoms with van der Waals surface area (Å²) >= 11 is 0. The summed E-state index contributed by atoms with van der Waals surface area (Å²) in [6.07, 6.45) is 0.577. The smallest absolute Gasteiger partial charge is 0.271 e. The van der Waals surface area contributed by atoms with E-state index in [-0.39, 0.29) is 22.2 Å². The number of carbonyl (C=O) groups excluding carboxylic acids is 1. The number of nitro groups is 1. The molecule has 0 radical (unpaired) electrons. The Labute approximate surface area is 150 Å². The Morgan fingerprint density at radius 3 is 2.62 bits per heavy atom. The van der Waals surface area contributed by atoms with Crippen molar-refractivity contribution in [1.82, 2.24) is 0 Å². The highest BCUT2D eigenvalue weighted by molar-refractivity contribution is 7.92. The average Bonchev–Trinajstić information content (AvgIpc) is 2.99. The molecule has 0 bridgehead atoms. The molecule has 1 heterocycles. The number of sulfonamides is 1. The van der Waals surface area contributed by atoms with Crippen molar-refractivity contribution in [3.05, 3.63) is 57.6 Å². The molecule has 0 unspecified atom stereocenters. The number of non-ortho nitro benzene ring substituents is 1. The molecule has 9 heteroatoms. The van der Waals surface area contributed by atoms with Gasteiger partial charge < -0.3 is 4.90 Å². The molecular weight excluding hydrogens is 358 g/mol. The van der Waals surface area contributed by atoms with Crippen LogP contribution in [0.15, 0.2) is 41.3 Å². The van der Waals surface area contributed by atoms with Gasteiger partial charge in [-0.1, -0.05) is 6.07 Å². The fourth-order valence-electron chi connectivity index (χ4n) is 2.91. The monoisotopic (exact) mass is 375 g/mol. The maximum absolute atomic E-state index is 12.7. The molecule has 0 saturated carbocycles. The number of anilines is 2. The first-order chi connectivity index (χ1) is 12.2. The third kappa shape index (κ3) is 3.25. The van der Waals surface area contributed by atoms with Crippen molar-refractivity contribution in [2.45, 2.75) is 25.2 Å². The zero-order chi connectivity index (χ0) is 19.1. The first kappa shape index (κ1) is 17.9. The van der Waals surface area contributed by atoms with E-state index < -0.39 is 14.9 Å². The molecule has 26 heavy (non-hydrogen) atoms. The molecule has 0 fully saturated rings. The second-order valence-electron chi connectivity index (χ2n) is 6.07. The van der Waals surface area contributed by atoms with Gasteiger partial charge in [0, 0.05) is 31.3 Å². The van der Waals surface area contributed by atoms with Gasteiger partial charge in [0.2, 0.25) is 5.91 Å². The molecule has 3 rings (SSSR count). The van der Waals surface area contributed by atoms with E-state index in [4.69, 9.17) is 0 Å². The number of amides is 1. The fraction of sp³-hybridized carbons (Fsp3) is 0.235. The quantitative estimate of drug-likeness (QED) is 0.652. The van der Waals surface area contributed by atoms with Crippen LogP contribution in [0.4, 0.5) is 17.1 Å². The molecule has 1 N–H and O–H groups in total. The number of nitrogens with zero attached hydrogens (tertiary/aromatic N) is 2. The Hall–Kier alpha value is -2.94. The van der Waals surface area contributed by atoms with Crippen LogP contribution in [0.5, 0.6) is 0 Å². The lowest BCUT2D eigenvalue weighted by molar-refractivity contribution is -0.384. The van der Waals surface area contributed by atoms with Crippen LogP contribution in [0.25, 0.3) is 0 Å². The van der Waals surface area contributed by atoms with Crippen molar-refractivity contribution in [3.8, 4) is 0 Å². The Morgan fingerprint density at radius 2 is 1.96 bits per heavy atom. The van der Waals surface area contributed by atoms with E-state index in [0.717, 1.165) is 5.56 Å². The fourth-order valence-corrected chi connectivity index (χ4v) is 4.08. The van der Waals surface area contributed by atoms with Crippen LogP contribution in [-0.2, 0) is 21.2 Å². The van der Waals surface area contributed by atoms with Gasteiger partial charge in [0.05, 0.1) is 15.5 Å². The van der Waals surface area contributed by atoms with Gasteiger partial charge in [-0.05, 0) is 42.7 Å². The van der Waals surface area contributed by atoms with E-state index in [1.165, 1.54) is 37.3 Å². The third-order valence-corrected chi connectivity index (χ3v) is 5.68. The van der Waals surface area contributed by atoms with Gasteiger partial charge in [-0.3, -0.25) is 19.6 Å². The summed E-state index contributed by atoms with van der Waals surface area (Å²) in [6.45, 7) is 3.65. The van der Waals surface area contributed by atoms with Crippen LogP contribution >= 0.6 is 0 Å². The lowest BCUT2D eigenvalue weighted by Crippen LogP contribution is -2.25. The highest BCUT2D eigenvalue weighted by Gasteiger charge is 2.25. The van der Waals surface area contributed by atoms with E-state index in [0.29, 0.717) is 24.2 Å². The predicted octanol–water partition coefficient (Wildman–Crippen LogP) is 2.61. The highest BCUT2D eigenvalue weighted by atomic mass is 32.2. The van der Waals surface area contributed by atoms with Gasteiger partial charge in [0.1, 0.15) is 0 Å². The number of nitro benzene ring substituents is 1. The van der Waals surface area contributed by atoms with Crippen LogP contribution in [0.2, 0.25) is 0 Å². The molecule has 8 nitrogen and oxygen atoms in total. The second-order valence-corrected chi connectivity index (χ2v) is 7.76. The summed E-state index contributed by atoms with van der Waals surface area (Å²) in [5.41, 5.74) is 2.02. The Kier molecular flexibility index (Phi) is 4.41. The Balaban J connectivity index is 1.94. The van der Waals surface area contributed by atoms with Crippen LogP contribution in [-0.4, -0.2) is 25.8 Å². The predicted molar refractivity (Wildman–Crippen MR) is 96.8 cm³/mol. The van der Waals surface area contributed by atoms with E-state index >= 15 is 0 Å². The third-order valence-electron chi connectivity index (χ3n) is 4.31. The molecule has 1 aliphatic rings. The first-order valence-electron chi connectivity index (χ1n) is 7.88. The number of hydrogen-bond donors (Lipinski definition) is 1. The van der Waals surface area contributed by atoms with Crippen molar-refractivity contribution in [2.75, 3.05) is 16.2 Å². The molecule has 0 spiro atoms. The largest absolute Gasteiger partial charge is 0.312 e. The normalized spacial score (nSPS) is 13.4. The van der Waals surface area contributed by atoms with E-state index in [1.54, 1.807) is 17.9 Å². The zero-order valence-corrected chi connectivity index (χ0v) is 15.0. The van der Waals surface area contributed by atoms with Gasteiger partial charge in [0.15, 0.2) is 0 Å². The van der Waals surface area contributed by atoms with E-state index in [1.807, 2.05) is 0 Å². The van der Waals surface area contributed by atoms with Crippen LogP contribution < -0.4 is 9.62 Å². The maximum atomic E-state index is 12.7. The SMILES string of the molecule is CC(=O)N1CCc2cc(S(=O)(=O)Nc3cc([N+](=O)[O-])ccc3C)ccc21. The zero-order valence-electron chi connectivity index (χ0n) is 14.2. The molecule has 1 amide bonds. The van der Waals surface area contributed by atoms with Gasteiger partial charge in [-0.15, -0.1) is 0 Å². The lowest BCUT2D eigenvalue weighted by Gasteiger charge is -2.15. The highest BCUT2D eigenvalue weighted by Crippen LogP contribution is 2.31. The van der Waals surface area contributed by atoms with Gasteiger partial charge in [-0.2, -0.15) is 0 Å². The van der Waals surface area contributed by atoms with Gasteiger partial charge in [0.25, 0.3) is 15.7 Å². The number of aryl methyl sites for hydroxylation is 1. The summed E-state index contributed by atoms with van der Waals surface area (Å²) in [7, 11) is -3.91. The molecule has 0 aliphatic carbocycles. The first-order valence-corrected chi connectivity index (χ1v) is 9.36. The van der Waals surface area contributed by atoms with Crippen LogP contribution in [0, 0.1) is 17.0 Å². The minimum atomic E-state index is -3.91. The van der Waals surface area contributed by atoms with Crippen molar-refractivity contribution >= 4 is 33.0 Å². The number of rotatable bonds is 4. The number of fused-ring (bicyclic) bond motifs is 1. The summed E-state index contributed by atoms with van der Waals surface area (Å²) in [6, 6.07) is 8.57. The van der Waals surface area contributed by atoms with Crippen molar-refractivity contribution in [2.24, 2.45) is 0 Å². The molecule has 1 aliphatic heterocycles. The molecular formula is C17H17N3O5S. The molecule has 2 aromatic rings. The number of carbonyl (C=O) groups is 1. The standard InChI is InChI=1S/C17H17N3O5S/c1-11-3-4-14(20(22)23)10-16(11)18-26(24,25)15-5-6-17-13(9-15)7-8-19(17)12(2)21/h3-6,9-10,18H,7-8H2,1-2H3. The molecule has 0 aromatic heterocycles. The summed E-state index contributed by atoms with van der Waals surface area (Å²) < 4.78 is 27.8. The summed E-state index contributed by atoms with van der Waals surface area (Å²) in [5, 5.41) is 10.9. The molecule has 0 atom stereocenters. The molecule has 0 saturated heterocycles. The minimum absolute atomic E-state index is 0.0487. The molecule has 136 valence electrons. The molecule has 2 aromatic carbocycles. The Bertz CT molecular complexity index is 1020. The topological polar surface area (TPSA) is 110 Å². The number of nitrogens with one attached hydrogen (secondary N) is 1. The number of benzene rings is 2. The Morgan fingerprint density at radius 1 is 1.23 bits per heavy atom. The van der Waals surface area contributed by atoms with Crippen molar-refractivity contribution < 1.29 is 18.1 Å².